The number of rotatable bonds is 7. The molecule has 2 atom stereocenters. The zero-order valence-corrected chi connectivity index (χ0v) is 18.9. The van der Waals surface area contributed by atoms with E-state index in [0.717, 1.165) is 43.9 Å². The van der Waals surface area contributed by atoms with Crippen LogP contribution in [0.1, 0.15) is 11.1 Å². The highest BCUT2D eigenvalue weighted by atomic mass is 35.5. The fraction of sp³-hybridized carbons (Fsp3) is 0.409. The first-order chi connectivity index (χ1) is 14.4. The Balaban J connectivity index is 1.50. The van der Waals surface area contributed by atoms with Crippen molar-refractivity contribution in [3.05, 3.63) is 58.6 Å². The monoisotopic (exact) mass is 446 g/mol. The first kappa shape index (κ1) is 22.6. The number of benzene rings is 2. The van der Waals surface area contributed by atoms with Crippen LogP contribution in [-0.4, -0.2) is 61.2 Å². The molecule has 1 aliphatic rings. The van der Waals surface area contributed by atoms with E-state index in [1.54, 1.807) is 19.4 Å². The lowest BCUT2D eigenvalue weighted by Gasteiger charge is -2.33. The molecular formula is C22H27ClN4O2S. The van der Waals surface area contributed by atoms with Crippen LogP contribution >= 0.6 is 11.6 Å². The van der Waals surface area contributed by atoms with E-state index in [1.165, 1.54) is 0 Å². The summed E-state index contributed by atoms with van der Waals surface area (Å²) < 4.78 is 22.2. The SMILES string of the molecule is CN=S(C)(=O)c1ccc(OCC2CN(CCc3cc(Cl)cc(C#N)c3)CCN2)cc1. The van der Waals surface area contributed by atoms with Crippen molar-refractivity contribution in [2.45, 2.75) is 17.4 Å². The molecule has 1 fully saturated rings. The third kappa shape index (κ3) is 6.19. The second kappa shape index (κ2) is 10.3. The van der Waals surface area contributed by atoms with E-state index in [-0.39, 0.29) is 6.04 Å². The van der Waals surface area contributed by atoms with Crippen molar-refractivity contribution in [2.75, 3.05) is 46.1 Å². The second-order valence-electron chi connectivity index (χ2n) is 7.43. The zero-order chi connectivity index (χ0) is 21.6. The highest BCUT2D eigenvalue weighted by Gasteiger charge is 2.20. The van der Waals surface area contributed by atoms with Gasteiger partial charge in [-0.25, -0.2) is 8.57 Å². The van der Waals surface area contributed by atoms with Gasteiger partial charge in [0.25, 0.3) is 0 Å². The Bertz CT molecular complexity index is 1030. The highest BCUT2D eigenvalue weighted by molar-refractivity contribution is 7.93. The quantitative estimate of drug-likeness (QED) is 0.706. The Morgan fingerprint density at radius 2 is 2.10 bits per heavy atom. The number of nitrogens with one attached hydrogen (secondary N) is 1. The Morgan fingerprint density at radius 1 is 1.33 bits per heavy atom. The lowest BCUT2D eigenvalue weighted by Crippen LogP contribution is -2.53. The van der Waals surface area contributed by atoms with Gasteiger partial charge >= 0.3 is 0 Å². The minimum absolute atomic E-state index is 0.230. The molecule has 0 spiro atoms. The minimum atomic E-state index is -2.32. The molecule has 8 heteroatoms. The predicted molar refractivity (Wildman–Crippen MR) is 121 cm³/mol. The van der Waals surface area contributed by atoms with Crippen molar-refractivity contribution in [1.82, 2.24) is 10.2 Å². The summed E-state index contributed by atoms with van der Waals surface area (Å²) in [5.41, 5.74) is 1.68. The maximum Gasteiger partial charge on any atom is 0.119 e. The molecule has 2 aromatic rings. The van der Waals surface area contributed by atoms with Gasteiger partial charge in [-0.15, -0.1) is 0 Å². The fourth-order valence-electron chi connectivity index (χ4n) is 3.45. The van der Waals surface area contributed by atoms with E-state index in [9.17, 15) is 4.21 Å². The van der Waals surface area contributed by atoms with Crippen molar-refractivity contribution < 1.29 is 8.95 Å². The van der Waals surface area contributed by atoms with Gasteiger partial charge in [0.1, 0.15) is 12.4 Å². The molecule has 0 bridgehead atoms. The van der Waals surface area contributed by atoms with Crippen LogP contribution in [0.2, 0.25) is 5.02 Å². The van der Waals surface area contributed by atoms with Crippen molar-refractivity contribution in [3.63, 3.8) is 0 Å². The fourth-order valence-corrected chi connectivity index (χ4v) is 4.56. The van der Waals surface area contributed by atoms with Gasteiger partial charge in [0, 0.05) is 49.4 Å². The number of piperazine rings is 1. The molecule has 6 nitrogen and oxygen atoms in total. The van der Waals surface area contributed by atoms with Crippen LogP contribution in [0.5, 0.6) is 5.75 Å². The summed E-state index contributed by atoms with van der Waals surface area (Å²) in [5.74, 6) is 0.756. The van der Waals surface area contributed by atoms with Gasteiger partial charge in [-0.05, 0) is 54.4 Å². The lowest BCUT2D eigenvalue weighted by atomic mass is 10.1. The van der Waals surface area contributed by atoms with Crippen LogP contribution in [-0.2, 0) is 16.1 Å². The standard InChI is InChI=1S/C22H27ClN4O2S/c1-25-30(2,28)22-5-3-21(4-6-22)29-16-20-15-27(10-8-26-20)9-7-17-11-18(14-24)13-19(23)12-17/h3-6,11-13,20,26H,7-10,15-16H2,1-2H3. The molecule has 2 unspecified atom stereocenters. The zero-order valence-electron chi connectivity index (χ0n) is 17.3. The van der Waals surface area contributed by atoms with Crippen LogP contribution in [0.25, 0.3) is 0 Å². The van der Waals surface area contributed by atoms with Gasteiger partial charge in [0.2, 0.25) is 0 Å². The van der Waals surface area contributed by atoms with Crippen LogP contribution < -0.4 is 10.1 Å². The van der Waals surface area contributed by atoms with Gasteiger partial charge in [-0.1, -0.05) is 11.6 Å². The molecule has 1 aliphatic heterocycles. The lowest BCUT2D eigenvalue weighted by molar-refractivity contribution is 0.159. The summed E-state index contributed by atoms with van der Waals surface area (Å²) in [6.07, 6.45) is 2.48. The van der Waals surface area contributed by atoms with E-state index in [1.807, 2.05) is 36.4 Å². The smallest absolute Gasteiger partial charge is 0.119 e. The average molecular weight is 447 g/mol. The van der Waals surface area contributed by atoms with Crippen molar-refractivity contribution in [1.29, 1.82) is 5.26 Å². The topological polar surface area (TPSA) is 77.7 Å². The number of hydrogen-bond donors (Lipinski definition) is 1. The van der Waals surface area contributed by atoms with Gasteiger partial charge < -0.3 is 15.0 Å². The predicted octanol–water partition coefficient (Wildman–Crippen LogP) is 3.19. The van der Waals surface area contributed by atoms with E-state index >= 15 is 0 Å². The van der Waals surface area contributed by atoms with E-state index < -0.39 is 9.73 Å². The van der Waals surface area contributed by atoms with E-state index in [4.69, 9.17) is 21.6 Å². The molecule has 30 heavy (non-hydrogen) atoms. The highest BCUT2D eigenvalue weighted by Crippen LogP contribution is 2.18. The summed E-state index contributed by atoms with van der Waals surface area (Å²) in [7, 11) is -0.748. The molecule has 0 amide bonds. The number of halogens is 1. The summed E-state index contributed by atoms with van der Waals surface area (Å²) >= 11 is 6.10. The van der Waals surface area contributed by atoms with E-state index in [2.05, 4.69) is 20.6 Å². The molecule has 0 saturated carbocycles. The number of nitriles is 1. The number of hydrogen-bond acceptors (Lipinski definition) is 6. The molecule has 0 radical (unpaired) electrons. The Labute approximate surface area is 184 Å². The summed E-state index contributed by atoms with van der Waals surface area (Å²) in [4.78, 5) is 3.11. The van der Waals surface area contributed by atoms with Crippen LogP contribution in [0.3, 0.4) is 0 Å². The Kier molecular flexibility index (Phi) is 7.73. The second-order valence-corrected chi connectivity index (χ2v) is 10.3. The van der Waals surface area contributed by atoms with Crippen LogP contribution in [0.15, 0.2) is 51.7 Å². The summed E-state index contributed by atoms with van der Waals surface area (Å²) in [6, 6.07) is 15.2. The normalized spacial score (nSPS) is 18.9. The van der Waals surface area contributed by atoms with Crippen LogP contribution in [0, 0.1) is 11.3 Å². The summed E-state index contributed by atoms with van der Waals surface area (Å²) in [6.45, 7) is 4.24. The number of ether oxygens (including phenoxy) is 1. The van der Waals surface area contributed by atoms with Crippen molar-refractivity contribution in [2.24, 2.45) is 4.36 Å². The van der Waals surface area contributed by atoms with Gasteiger partial charge in [0.05, 0.1) is 27.4 Å². The Hall–Kier alpha value is -2.11. The summed E-state index contributed by atoms with van der Waals surface area (Å²) in [5, 5.41) is 13.2. The Morgan fingerprint density at radius 3 is 2.80 bits per heavy atom. The van der Waals surface area contributed by atoms with Crippen LogP contribution in [0.4, 0.5) is 0 Å². The molecule has 1 heterocycles. The van der Waals surface area contributed by atoms with Gasteiger partial charge in [-0.3, -0.25) is 0 Å². The molecular weight excluding hydrogens is 420 g/mol. The third-order valence-electron chi connectivity index (χ3n) is 5.20. The molecule has 0 aliphatic carbocycles. The van der Waals surface area contributed by atoms with Gasteiger partial charge in [-0.2, -0.15) is 5.26 Å². The average Bonchev–Trinajstić information content (AvgIpc) is 2.76. The first-order valence-electron chi connectivity index (χ1n) is 9.88. The van der Waals surface area contributed by atoms with E-state index in [0.29, 0.717) is 22.1 Å². The molecule has 2 aromatic carbocycles. The van der Waals surface area contributed by atoms with Crippen molar-refractivity contribution in [3.8, 4) is 11.8 Å². The third-order valence-corrected chi connectivity index (χ3v) is 7.27. The maximum atomic E-state index is 12.3. The first-order valence-corrected chi connectivity index (χ1v) is 12.2. The molecule has 1 saturated heterocycles. The minimum Gasteiger partial charge on any atom is -0.492 e. The largest absolute Gasteiger partial charge is 0.492 e. The molecule has 1 N–H and O–H groups in total. The molecule has 160 valence electrons. The number of nitrogens with zero attached hydrogens (tertiary/aromatic N) is 3. The molecule has 0 aromatic heterocycles. The molecule has 3 rings (SSSR count). The maximum absolute atomic E-state index is 12.3. The van der Waals surface area contributed by atoms with Gasteiger partial charge in [0.15, 0.2) is 0 Å². The van der Waals surface area contributed by atoms with Crippen molar-refractivity contribution >= 4 is 21.3 Å².